The summed E-state index contributed by atoms with van der Waals surface area (Å²) in [5.74, 6) is 0.530. The first-order valence-electron chi connectivity index (χ1n) is 5.73. The first-order chi connectivity index (χ1) is 9.16. The fourth-order valence-corrected chi connectivity index (χ4v) is 2.47. The molecule has 0 atom stereocenters. The number of ether oxygens (including phenoxy) is 1. The van der Waals surface area contributed by atoms with Crippen molar-refractivity contribution in [1.29, 1.82) is 0 Å². The molecule has 0 fully saturated rings. The first kappa shape index (κ1) is 14.5. The minimum Gasteiger partial charge on any atom is -0.489 e. The minimum absolute atomic E-state index is 0.482. The van der Waals surface area contributed by atoms with Crippen molar-refractivity contribution < 1.29 is 4.74 Å². The van der Waals surface area contributed by atoms with Gasteiger partial charge in [0.1, 0.15) is 6.61 Å². The molecule has 0 aliphatic heterocycles. The topological polar surface area (TPSA) is 21.3 Å². The Morgan fingerprint density at radius 3 is 2.42 bits per heavy atom. The molecule has 2 rings (SSSR count). The van der Waals surface area contributed by atoms with E-state index in [1.807, 2.05) is 24.3 Å². The van der Waals surface area contributed by atoms with E-state index in [0.717, 1.165) is 10.2 Å². The van der Waals surface area contributed by atoms with Crippen LogP contribution in [-0.4, -0.2) is 13.2 Å². The number of hydrogen-bond acceptors (Lipinski definition) is 2. The van der Waals surface area contributed by atoms with Crippen molar-refractivity contribution in [3.63, 3.8) is 0 Å². The Morgan fingerprint density at radius 2 is 1.74 bits per heavy atom. The molecule has 100 valence electrons. The van der Waals surface area contributed by atoms with Crippen LogP contribution < -0.4 is 10.1 Å². The van der Waals surface area contributed by atoms with Crippen molar-refractivity contribution in [1.82, 2.24) is 0 Å². The van der Waals surface area contributed by atoms with Crippen LogP contribution in [0.25, 0.3) is 0 Å². The summed E-state index contributed by atoms with van der Waals surface area (Å²) in [5, 5.41) is 4.30. The van der Waals surface area contributed by atoms with Gasteiger partial charge in [0, 0.05) is 16.7 Å². The molecule has 1 N–H and O–H groups in total. The van der Waals surface area contributed by atoms with E-state index >= 15 is 0 Å². The summed E-state index contributed by atoms with van der Waals surface area (Å²) in [5.41, 5.74) is 1.03. The lowest BCUT2D eigenvalue weighted by Gasteiger charge is -2.11. The molecule has 5 heteroatoms. The molecule has 2 aromatic rings. The molecule has 0 amide bonds. The Kier molecular flexibility index (Phi) is 5.37. The van der Waals surface area contributed by atoms with Crippen molar-refractivity contribution in [3.05, 3.63) is 57.0 Å². The molecule has 0 radical (unpaired) electrons. The van der Waals surface area contributed by atoms with Gasteiger partial charge in [-0.2, -0.15) is 0 Å². The number of rotatable bonds is 5. The molecule has 0 saturated carbocycles. The molecule has 19 heavy (non-hydrogen) atoms. The number of anilines is 1. The fraction of sp³-hybridized carbons (Fsp3) is 0.143. The van der Waals surface area contributed by atoms with Gasteiger partial charge in [-0.05, 0) is 30.3 Å². The summed E-state index contributed by atoms with van der Waals surface area (Å²) in [6.45, 7) is 1.15. The molecule has 0 aromatic heterocycles. The van der Waals surface area contributed by atoms with Crippen LogP contribution in [0.5, 0.6) is 5.75 Å². The van der Waals surface area contributed by atoms with Gasteiger partial charge in [-0.1, -0.05) is 51.3 Å². The van der Waals surface area contributed by atoms with Gasteiger partial charge in [-0.3, -0.25) is 0 Å². The van der Waals surface area contributed by atoms with E-state index in [2.05, 4.69) is 21.2 Å². The second kappa shape index (κ2) is 7.04. The van der Waals surface area contributed by atoms with Crippen LogP contribution in [0.15, 0.2) is 46.9 Å². The van der Waals surface area contributed by atoms with E-state index in [0.29, 0.717) is 28.9 Å². The van der Waals surface area contributed by atoms with Crippen LogP contribution in [0.4, 0.5) is 5.69 Å². The minimum atomic E-state index is 0.482. The third-order valence-electron chi connectivity index (χ3n) is 2.42. The van der Waals surface area contributed by atoms with E-state index in [9.17, 15) is 0 Å². The van der Waals surface area contributed by atoms with Crippen molar-refractivity contribution in [2.45, 2.75) is 0 Å². The van der Waals surface area contributed by atoms with Crippen LogP contribution in [0.1, 0.15) is 0 Å². The maximum absolute atomic E-state index is 6.01. The Bertz CT molecular complexity index is 543. The van der Waals surface area contributed by atoms with Crippen molar-refractivity contribution >= 4 is 44.8 Å². The Hall–Kier alpha value is -0.900. The summed E-state index contributed by atoms with van der Waals surface area (Å²) in [6.07, 6.45) is 0. The summed E-state index contributed by atoms with van der Waals surface area (Å²) in [6, 6.07) is 13.2. The third kappa shape index (κ3) is 4.30. The van der Waals surface area contributed by atoms with E-state index in [4.69, 9.17) is 27.9 Å². The lowest BCUT2D eigenvalue weighted by atomic mass is 10.3. The molecule has 0 heterocycles. The zero-order valence-corrected chi connectivity index (χ0v) is 13.1. The van der Waals surface area contributed by atoms with E-state index < -0.39 is 0 Å². The number of nitrogens with one attached hydrogen (secondary N) is 1. The number of para-hydroxylation sites is 1. The Balaban J connectivity index is 1.84. The van der Waals surface area contributed by atoms with E-state index in [1.54, 1.807) is 18.2 Å². The normalized spacial score (nSPS) is 10.3. The zero-order chi connectivity index (χ0) is 13.7. The molecule has 0 aliphatic rings. The van der Waals surface area contributed by atoms with Crippen LogP contribution >= 0.6 is 39.1 Å². The summed E-state index contributed by atoms with van der Waals surface area (Å²) in [4.78, 5) is 0. The van der Waals surface area contributed by atoms with Gasteiger partial charge in [-0.25, -0.2) is 0 Å². The fourth-order valence-electron chi connectivity index (χ4n) is 1.57. The Morgan fingerprint density at radius 1 is 1.05 bits per heavy atom. The lowest BCUT2D eigenvalue weighted by Crippen LogP contribution is -2.11. The molecular formula is C14H12BrCl2NO. The van der Waals surface area contributed by atoms with Crippen molar-refractivity contribution in [2.24, 2.45) is 0 Å². The standard InChI is InChI=1S/C14H12BrCl2NO/c15-10-3-1-4-11(9-10)18-7-8-19-14-12(16)5-2-6-13(14)17/h1-6,9,18H,7-8H2. The smallest absolute Gasteiger partial charge is 0.156 e. The highest BCUT2D eigenvalue weighted by Gasteiger charge is 2.05. The van der Waals surface area contributed by atoms with Gasteiger partial charge >= 0.3 is 0 Å². The highest BCUT2D eigenvalue weighted by atomic mass is 79.9. The number of halogens is 3. The molecule has 0 saturated heterocycles. The largest absolute Gasteiger partial charge is 0.489 e. The highest BCUT2D eigenvalue weighted by Crippen LogP contribution is 2.32. The van der Waals surface area contributed by atoms with Crippen LogP contribution in [0.2, 0.25) is 10.0 Å². The number of hydrogen-bond donors (Lipinski definition) is 1. The van der Waals surface area contributed by atoms with Crippen LogP contribution in [-0.2, 0) is 0 Å². The van der Waals surface area contributed by atoms with E-state index in [1.165, 1.54) is 0 Å². The predicted molar refractivity (Wildman–Crippen MR) is 84.6 cm³/mol. The lowest BCUT2D eigenvalue weighted by molar-refractivity contribution is 0.333. The summed E-state index contributed by atoms with van der Waals surface area (Å²) in [7, 11) is 0. The second-order valence-corrected chi connectivity index (χ2v) is 5.57. The second-order valence-electron chi connectivity index (χ2n) is 3.84. The maximum Gasteiger partial charge on any atom is 0.156 e. The molecule has 0 bridgehead atoms. The van der Waals surface area contributed by atoms with Crippen molar-refractivity contribution in [3.8, 4) is 5.75 Å². The predicted octanol–water partition coefficient (Wildman–Crippen LogP) is 5.25. The highest BCUT2D eigenvalue weighted by molar-refractivity contribution is 9.10. The van der Waals surface area contributed by atoms with Gasteiger partial charge in [0.2, 0.25) is 0 Å². The first-order valence-corrected chi connectivity index (χ1v) is 7.28. The third-order valence-corrected chi connectivity index (χ3v) is 3.51. The van der Waals surface area contributed by atoms with Gasteiger partial charge in [0.25, 0.3) is 0 Å². The van der Waals surface area contributed by atoms with Crippen LogP contribution in [0.3, 0.4) is 0 Å². The maximum atomic E-state index is 6.01. The van der Waals surface area contributed by atoms with Crippen molar-refractivity contribution in [2.75, 3.05) is 18.5 Å². The molecule has 2 nitrogen and oxygen atoms in total. The average Bonchev–Trinajstić information content (AvgIpc) is 2.37. The molecular weight excluding hydrogens is 349 g/mol. The summed E-state index contributed by atoms with van der Waals surface area (Å²) >= 11 is 15.4. The molecule has 0 aliphatic carbocycles. The van der Waals surface area contributed by atoms with Gasteiger partial charge < -0.3 is 10.1 Å². The quantitative estimate of drug-likeness (QED) is 0.735. The molecule has 0 unspecified atom stereocenters. The summed E-state index contributed by atoms with van der Waals surface area (Å²) < 4.78 is 6.62. The van der Waals surface area contributed by atoms with Gasteiger partial charge in [-0.15, -0.1) is 0 Å². The number of benzene rings is 2. The monoisotopic (exact) mass is 359 g/mol. The SMILES string of the molecule is Clc1cccc(Cl)c1OCCNc1cccc(Br)c1. The zero-order valence-electron chi connectivity index (χ0n) is 10.00. The van der Waals surface area contributed by atoms with Gasteiger partial charge in [0.15, 0.2) is 5.75 Å². The Labute approximate surface area is 130 Å². The van der Waals surface area contributed by atoms with E-state index in [-0.39, 0.29) is 0 Å². The van der Waals surface area contributed by atoms with Crippen LogP contribution in [0, 0.1) is 0 Å². The average molecular weight is 361 g/mol. The molecule has 2 aromatic carbocycles. The van der Waals surface area contributed by atoms with Gasteiger partial charge in [0.05, 0.1) is 10.0 Å². The molecule has 0 spiro atoms.